The number of benzene rings is 2. The lowest BCUT2D eigenvalue weighted by Crippen LogP contribution is -2.21. The van der Waals surface area contributed by atoms with Gasteiger partial charge in [-0.05, 0) is 72.5 Å². The van der Waals surface area contributed by atoms with Gasteiger partial charge in [-0.2, -0.15) is 0 Å². The van der Waals surface area contributed by atoms with E-state index < -0.39 is 0 Å². The number of carbonyl (C=O) groups is 2. The summed E-state index contributed by atoms with van der Waals surface area (Å²) in [5.74, 6) is 2.81. The molecule has 42 heavy (non-hydrogen) atoms. The second-order valence-electron chi connectivity index (χ2n) is 8.67. The molecule has 1 aliphatic heterocycles. The van der Waals surface area contributed by atoms with Crippen LogP contribution in [0.1, 0.15) is 72.4 Å². The molecule has 3 rings (SSSR count). The summed E-state index contributed by atoms with van der Waals surface area (Å²) in [6, 6.07) is 12.6. The number of hydrogen-bond acceptors (Lipinski definition) is 7. The third kappa shape index (κ3) is 14.3. The van der Waals surface area contributed by atoms with Gasteiger partial charge in [0, 0.05) is 23.9 Å². The van der Waals surface area contributed by atoms with Crippen LogP contribution < -0.4 is 4.74 Å². The lowest BCUT2D eigenvalue weighted by atomic mass is 10.0. The van der Waals surface area contributed by atoms with Crippen LogP contribution in [0.15, 0.2) is 82.2 Å². The Balaban J connectivity index is -0.000000608. The molecule has 0 amide bonds. The first-order valence-corrected chi connectivity index (χ1v) is 14.3. The highest BCUT2D eigenvalue weighted by Crippen LogP contribution is 2.28. The molecule has 2 aromatic carbocycles. The third-order valence-corrected chi connectivity index (χ3v) is 6.58. The summed E-state index contributed by atoms with van der Waals surface area (Å²) in [5, 5.41) is 19.4. The second-order valence-corrected chi connectivity index (χ2v) is 9.52. The number of phenols is 2. The van der Waals surface area contributed by atoms with Crippen LogP contribution in [0, 0.1) is 12.8 Å². The van der Waals surface area contributed by atoms with Gasteiger partial charge in [-0.1, -0.05) is 78.8 Å². The van der Waals surface area contributed by atoms with Gasteiger partial charge in [0.2, 0.25) is 0 Å². The molecule has 0 saturated carbocycles. The first-order valence-electron chi connectivity index (χ1n) is 13.5. The fourth-order valence-electron chi connectivity index (χ4n) is 3.58. The van der Waals surface area contributed by atoms with E-state index in [9.17, 15) is 10.2 Å². The lowest BCUT2D eigenvalue weighted by Gasteiger charge is -2.26. The molecule has 0 spiro atoms. The molecule has 0 radical (unpaired) electrons. The van der Waals surface area contributed by atoms with Gasteiger partial charge in [0.25, 0.3) is 0 Å². The summed E-state index contributed by atoms with van der Waals surface area (Å²) in [6.45, 7) is 20.8. The van der Waals surface area contributed by atoms with E-state index in [1.54, 1.807) is 24.3 Å². The Morgan fingerprint density at radius 3 is 2.14 bits per heavy atom. The van der Waals surface area contributed by atoms with E-state index in [1.165, 1.54) is 12.8 Å². The minimum absolute atomic E-state index is 0. The highest BCUT2D eigenvalue weighted by Gasteiger charge is 2.18. The molecule has 0 fully saturated rings. The van der Waals surface area contributed by atoms with Crippen molar-refractivity contribution < 1.29 is 24.5 Å². The molecule has 0 bridgehead atoms. The fourth-order valence-corrected chi connectivity index (χ4v) is 3.94. The zero-order chi connectivity index (χ0) is 32.0. The summed E-state index contributed by atoms with van der Waals surface area (Å²) in [6.07, 6.45) is 7.20. The molecule has 0 aromatic heterocycles. The van der Waals surface area contributed by atoms with Crippen molar-refractivity contribution >= 4 is 35.2 Å². The summed E-state index contributed by atoms with van der Waals surface area (Å²) in [7, 11) is 1.94. The minimum atomic E-state index is 0. The van der Waals surface area contributed by atoms with Crippen LogP contribution >= 0.6 is 15.9 Å². The quantitative estimate of drug-likeness (QED) is 0.297. The molecule has 0 aliphatic carbocycles. The fraction of sp³-hybridized carbons (Fsp3) is 0.382. The monoisotopic (exact) mass is 646 g/mol. The van der Waals surface area contributed by atoms with Crippen LogP contribution in [0.25, 0.3) is 0 Å². The van der Waals surface area contributed by atoms with Crippen molar-refractivity contribution in [1.29, 1.82) is 0 Å². The molecule has 1 unspecified atom stereocenters. The standard InChI is InChI=1S/C15H15BrN2O.C14H22O2.C2H6.2CH2O.CH4/c1-4-12(16)15-17-13(9-10(2)18(15)3)11-7-5-6-8-14(11)19;1-4-6-11(2)9-10-16-14-8-5-7-13(15)12(14)3;3*1-2;/h4-9,19H,1H2,2-3H3;5,7-8,11,15H,4,6,9-10H2,1-3H3;1-2H3;2*1H2;1H4/b15-12+;;;;;. The Morgan fingerprint density at radius 1 is 1.02 bits per heavy atom. The molecule has 1 atom stereocenters. The van der Waals surface area contributed by atoms with Crippen molar-refractivity contribution in [2.75, 3.05) is 13.7 Å². The number of carbonyl (C=O) groups excluding carboxylic acids is 2. The molecule has 7 nitrogen and oxygen atoms in total. The Labute approximate surface area is 262 Å². The number of rotatable bonds is 8. The topological polar surface area (TPSA) is 99.4 Å². The van der Waals surface area contributed by atoms with Crippen LogP contribution in [0.2, 0.25) is 0 Å². The van der Waals surface area contributed by atoms with Crippen molar-refractivity contribution in [2.45, 2.75) is 68.2 Å². The van der Waals surface area contributed by atoms with E-state index >= 15 is 0 Å². The van der Waals surface area contributed by atoms with E-state index in [1.807, 2.05) is 83.6 Å². The first kappa shape index (κ1) is 42.8. The van der Waals surface area contributed by atoms with Gasteiger partial charge in [-0.15, -0.1) is 0 Å². The van der Waals surface area contributed by atoms with Crippen molar-refractivity contribution in [3.8, 4) is 17.2 Å². The Morgan fingerprint density at radius 2 is 1.60 bits per heavy atom. The molecular weight excluding hydrogens is 596 g/mol. The molecule has 0 saturated heterocycles. The number of aliphatic imine (C=N–C) groups is 1. The third-order valence-electron chi connectivity index (χ3n) is 5.90. The Bertz CT molecular complexity index is 1140. The largest absolute Gasteiger partial charge is 0.508 e. The SMILES string of the molecule is C.C=C/C(Br)=C1/N=C(c2ccccc2O)C=C(C)N1C.C=O.C=O.CC.CCCC(C)CCOc1cccc(O)c1C. The summed E-state index contributed by atoms with van der Waals surface area (Å²) in [4.78, 5) is 22.6. The highest BCUT2D eigenvalue weighted by molar-refractivity contribution is 9.11. The molecule has 2 N–H and O–H groups in total. The average molecular weight is 648 g/mol. The number of aromatic hydroxyl groups is 2. The van der Waals surface area contributed by atoms with Crippen molar-refractivity contribution in [2.24, 2.45) is 10.9 Å². The van der Waals surface area contributed by atoms with Crippen LogP contribution in [0.4, 0.5) is 0 Å². The van der Waals surface area contributed by atoms with E-state index in [0.29, 0.717) is 11.7 Å². The van der Waals surface area contributed by atoms with E-state index in [-0.39, 0.29) is 13.2 Å². The van der Waals surface area contributed by atoms with Crippen molar-refractivity contribution in [3.05, 3.63) is 88.3 Å². The highest BCUT2D eigenvalue weighted by atomic mass is 79.9. The number of halogens is 1. The van der Waals surface area contributed by atoms with E-state index in [2.05, 4.69) is 41.3 Å². The maximum atomic E-state index is 9.93. The van der Waals surface area contributed by atoms with Gasteiger partial charge >= 0.3 is 0 Å². The Hall–Kier alpha value is -3.65. The minimum Gasteiger partial charge on any atom is -0.508 e. The molecule has 1 heterocycles. The van der Waals surface area contributed by atoms with Crippen LogP contribution in [0.3, 0.4) is 0 Å². The van der Waals surface area contributed by atoms with Crippen molar-refractivity contribution in [1.82, 2.24) is 4.90 Å². The van der Waals surface area contributed by atoms with Crippen LogP contribution in [0.5, 0.6) is 17.2 Å². The molecule has 234 valence electrons. The summed E-state index contributed by atoms with van der Waals surface area (Å²) in [5.41, 5.74) is 3.33. The zero-order valence-electron chi connectivity index (χ0n) is 25.6. The second kappa shape index (κ2) is 25.1. The van der Waals surface area contributed by atoms with Gasteiger partial charge in [0.1, 0.15) is 36.6 Å². The summed E-state index contributed by atoms with van der Waals surface area (Å²) < 4.78 is 6.49. The Kier molecular flexibility index (Phi) is 25.6. The van der Waals surface area contributed by atoms with Crippen molar-refractivity contribution in [3.63, 3.8) is 0 Å². The number of para-hydroxylation sites is 1. The van der Waals surface area contributed by atoms with Crippen LogP contribution in [-0.4, -0.2) is 48.1 Å². The predicted molar refractivity (Wildman–Crippen MR) is 182 cm³/mol. The van der Waals surface area contributed by atoms with Gasteiger partial charge in [-0.25, -0.2) is 4.99 Å². The normalized spacial score (nSPS) is 13.1. The molecule has 2 aromatic rings. The molecule has 8 heteroatoms. The zero-order valence-corrected chi connectivity index (χ0v) is 27.2. The smallest absolute Gasteiger partial charge is 0.147 e. The first-order chi connectivity index (χ1) is 19.7. The van der Waals surface area contributed by atoms with Gasteiger partial charge in [0.15, 0.2) is 0 Å². The molecule has 1 aliphatic rings. The van der Waals surface area contributed by atoms with Gasteiger partial charge < -0.3 is 29.4 Å². The number of allylic oxidation sites excluding steroid dienone is 4. The van der Waals surface area contributed by atoms with E-state index in [4.69, 9.17) is 14.3 Å². The van der Waals surface area contributed by atoms with E-state index in [0.717, 1.165) is 51.6 Å². The maximum absolute atomic E-state index is 9.93. The number of nitrogens with zero attached hydrogens (tertiary/aromatic N) is 2. The number of ether oxygens (including phenoxy) is 1. The van der Waals surface area contributed by atoms with Crippen LogP contribution in [-0.2, 0) is 9.59 Å². The molecular formula is C34H51BrN2O5. The lowest BCUT2D eigenvalue weighted by molar-refractivity contribution is -0.0987. The van der Waals surface area contributed by atoms with Gasteiger partial charge in [0.05, 0.1) is 16.8 Å². The summed E-state index contributed by atoms with van der Waals surface area (Å²) >= 11 is 3.45. The average Bonchev–Trinajstić information content (AvgIpc) is 3.00. The van der Waals surface area contributed by atoms with Gasteiger partial charge in [-0.3, -0.25) is 0 Å². The number of phenolic OH excluding ortho intramolecular Hbond substituents is 2. The predicted octanol–water partition coefficient (Wildman–Crippen LogP) is 8.98. The maximum Gasteiger partial charge on any atom is 0.147 e. The number of hydrogen-bond donors (Lipinski definition) is 2.